The lowest BCUT2D eigenvalue weighted by atomic mass is 10.1. The van der Waals surface area contributed by atoms with E-state index in [-0.39, 0.29) is 12.3 Å². The van der Waals surface area contributed by atoms with Crippen LogP contribution in [0.4, 0.5) is 4.79 Å². The predicted octanol–water partition coefficient (Wildman–Crippen LogP) is 2.67. The highest BCUT2D eigenvalue weighted by Gasteiger charge is 2.21. The van der Waals surface area contributed by atoms with Crippen molar-refractivity contribution in [3.63, 3.8) is 0 Å². The van der Waals surface area contributed by atoms with E-state index in [4.69, 9.17) is 15.3 Å². The minimum atomic E-state index is -1.44. The number of benzene rings is 1. The Morgan fingerprint density at radius 1 is 0.970 bits per heavy atom. The Morgan fingerprint density at radius 2 is 1.55 bits per heavy atom. The fraction of sp³-hybridized carbons (Fsp3) is 0.500. The lowest BCUT2D eigenvalue weighted by Crippen LogP contribution is -2.41. The van der Waals surface area contributed by atoms with E-state index in [0.717, 1.165) is 24.9 Å². The summed E-state index contributed by atoms with van der Waals surface area (Å²) in [4.78, 5) is 53.3. The van der Waals surface area contributed by atoms with E-state index in [1.54, 1.807) is 0 Å². The second-order valence-electron chi connectivity index (χ2n) is 6.41. The number of nitrogens with one attached hydrogen (secondary N) is 2. The molecule has 0 spiro atoms. The maximum Gasteiger partial charge on any atom is 0.408 e. The van der Waals surface area contributed by atoms with Crippen LogP contribution in [0.2, 0.25) is 0 Å². The van der Waals surface area contributed by atoms with Crippen LogP contribution in [0.5, 0.6) is 0 Å². The van der Waals surface area contributed by atoms with Gasteiger partial charge in [-0.15, -0.1) is 0 Å². The van der Waals surface area contributed by atoms with Crippen molar-refractivity contribution >= 4 is 29.9 Å². The molecule has 0 aromatic heterocycles. The number of carbonyl (C=O) groups is 5. The van der Waals surface area contributed by atoms with Gasteiger partial charge in [-0.3, -0.25) is 9.59 Å². The molecule has 1 atom stereocenters. The van der Waals surface area contributed by atoms with Crippen LogP contribution in [0.25, 0.3) is 0 Å². The number of carbonyl (C=O) groups excluding carboxylic acids is 2. The van der Waals surface area contributed by atoms with E-state index in [9.17, 15) is 24.0 Å². The number of unbranched alkanes of at least 4 members (excludes halogenated alkanes) is 1. The molecular formula is C22H34N2O9. The summed E-state index contributed by atoms with van der Waals surface area (Å²) >= 11 is 0. The number of carboxylic acids is 3. The highest BCUT2D eigenvalue weighted by Crippen LogP contribution is 2.02. The SMILES string of the molecule is CC.CCCCNC(=O)c1ccc(C)cc1.O=C(O)CCC(NC(=O)OCC(=O)O)C(=O)O. The number of aryl methyl sites for hydroxylation is 1. The maximum atomic E-state index is 11.5. The Hall–Kier alpha value is -3.63. The Morgan fingerprint density at radius 3 is 2.00 bits per heavy atom. The van der Waals surface area contributed by atoms with Crippen LogP contribution in [0.3, 0.4) is 0 Å². The fourth-order valence-corrected chi connectivity index (χ4v) is 2.02. The second-order valence-corrected chi connectivity index (χ2v) is 6.41. The minimum absolute atomic E-state index is 0.0263. The van der Waals surface area contributed by atoms with Crippen molar-refractivity contribution in [1.29, 1.82) is 0 Å². The number of hydrogen-bond acceptors (Lipinski definition) is 6. The molecule has 1 aromatic carbocycles. The Labute approximate surface area is 193 Å². The highest BCUT2D eigenvalue weighted by atomic mass is 16.6. The molecule has 0 saturated heterocycles. The molecule has 0 saturated carbocycles. The molecule has 2 amide bonds. The van der Waals surface area contributed by atoms with Gasteiger partial charge in [0.25, 0.3) is 5.91 Å². The third kappa shape index (κ3) is 17.7. The summed E-state index contributed by atoms with van der Waals surface area (Å²) in [6.07, 6.45) is 0.139. The number of amides is 2. The average Bonchev–Trinajstić information content (AvgIpc) is 2.77. The summed E-state index contributed by atoms with van der Waals surface area (Å²) in [5.41, 5.74) is 1.92. The van der Waals surface area contributed by atoms with Crippen molar-refractivity contribution in [2.75, 3.05) is 13.2 Å². The first kappa shape index (κ1) is 31.6. The molecule has 11 heteroatoms. The number of hydrogen-bond donors (Lipinski definition) is 5. The topological polar surface area (TPSA) is 179 Å². The maximum absolute atomic E-state index is 11.5. The van der Waals surface area contributed by atoms with Crippen molar-refractivity contribution in [3.8, 4) is 0 Å². The summed E-state index contributed by atoms with van der Waals surface area (Å²) in [6.45, 7) is 7.98. The van der Waals surface area contributed by atoms with Crippen LogP contribution >= 0.6 is 0 Å². The quantitative estimate of drug-likeness (QED) is 0.304. The van der Waals surface area contributed by atoms with Gasteiger partial charge in [0.1, 0.15) is 6.04 Å². The molecule has 0 aliphatic heterocycles. The number of rotatable bonds is 11. The van der Waals surface area contributed by atoms with E-state index in [0.29, 0.717) is 0 Å². The van der Waals surface area contributed by atoms with Crippen LogP contribution < -0.4 is 10.6 Å². The molecule has 33 heavy (non-hydrogen) atoms. The van der Waals surface area contributed by atoms with Crippen LogP contribution in [0.1, 0.15) is 62.4 Å². The first-order chi connectivity index (χ1) is 15.6. The third-order valence-electron chi connectivity index (χ3n) is 3.69. The number of carboxylic acid groups (broad SMARTS) is 3. The first-order valence-electron chi connectivity index (χ1n) is 10.5. The average molecular weight is 471 g/mol. The van der Waals surface area contributed by atoms with Crippen LogP contribution in [0.15, 0.2) is 24.3 Å². The molecule has 11 nitrogen and oxygen atoms in total. The van der Waals surface area contributed by atoms with Gasteiger partial charge in [0.05, 0.1) is 0 Å². The summed E-state index contributed by atoms with van der Waals surface area (Å²) in [7, 11) is 0. The van der Waals surface area contributed by atoms with E-state index in [1.807, 2.05) is 50.4 Å². The van der Waals surface area contributed by atoms with Crippen molar-refractivity contribution in [2.24, 2.45) is 0 Å². The van der Waals surface area contributed by atoms with Gasteiger partial charge in [-0.25, -0.2) is 14.4 Å². The second kappa shape index (κ2) is 19.1. The Kier molecular flexibility index (Phi) is 18.2. The van der Waals surface area contributed by atoms with Gasteiger partial charge in [-0.05, 0) is 31.9 Å². The molecule has 0 aliphatic rings. The molecule has 0 fully saturated rings. The molecule has 186 valence electrons. The number of alkyl carbamates (subject to hydrolysis) is 1. The van der Waals surface area contributed by atoms with E-state index in [1.165, 1.54) is 5.56 Å². The smallest absolute Gasteiger partial charge is 0.408 e. The highest BCUT2D eigenvalue weighted by molar-refractivity contribution is 5.94. The van der Waals surface area contributed by atoms with Gasteiger partial charge in [0, 0.05) is 18.5 Å². The molecule has 1 rings (SSSR count). The van der Waals surface area contributed by atoms with Crippen molar-refractivity contribution in [3.05, 3.63) is 35.4 Å². The Balaban J connectivity index is 0. The largest absolute Gasteiger partial charge is 0.481 e. The molecule has 0 heterocycles. The normalized spacial score (nSPS) is 10.2. The van der Waals surface area contributed by atoms with Gasteiger partial charge < -0.3 is 30.7 Å². The molecule has 0 bridgehead atoms. The molecule has 1 unspecified atom stereocenters. The van der Waals surface area contributed by atoms with Crippen LogP contribution in [-0.4, -0.2) is 64.4 Å². The molecular weight excluding hydrogens is 436 g/mol. The van der Waals surface area contributed by atoms with E-state index >= 15 is 0 Å². The van der Waals surface area contributed by atoms with Crippen molar-refractivity contribution < 1.29 is 44.0 Å². The Bertz CT molecular complexity index is 749. The van der Waals surface area contributed by atoms with Crippen molar-refractivity contribution in [1.82, 2.24) is 10.6 Å². The standard InChI is InChI=1S/C12H17NO.C8H11NO8.C2H6/c1-3-4-9-13-12(14)11-7-5-10(2)6-8-11;10-5(11)2-1-4(7(14)15)9-8(16)17-3-6(12)13;1-2/h5-8H,3-4,9H2,1-2H3,(H,13,14);4H,1-3H2,(H,9,16)(H,10,11)(H,12,13)(H,14,15);1-2H3. The monoisotopic (exact) mass is 470 g/mol. The van der Waals surface area contributed by atoms with E-state index < -0.39 is 43.1 Å². The zero-order chi connectivity index (χ0) is 25.8. The van der Waals surface area contributed by atoms with Crippen LogP contribution in [0, 0.1) is 6.92 Å². The van der Waals surface area contributed by atoms with Crippen molar-refractivity contribution in [2.45, 2.75) is 59.4 Å². The zero-order valence-electron chi connectivity index (χ0n) is 19.4. The minimum Gasteiger partial charge on any atom is -0.481 e. The predicted molar refractivity (Wildman–Crippen MR) is 120 cm³/mol. The van der Waals surface area contributed by atoms with Gasteiger partial charge >= 0.3 is 24.0 Å². The fourth-order valence-electron chi connectivity index (χ4n) is 2.02. The van der Waals surface area contributed by atoms with Crippen LogP contribution in [-0.2, 0) is 19.1 Å². The summed E-state index contributed by atoms with van der Waals surface area (Å²) in [5, 5.41) is 29.9. The van der Waals surface area contributed by atoms with E-state index in [2.05, 4.69) is 17.0 Å². The zero-order valence-corrected chi connectivity index (χ0v) is 19.4. The lowest BCUT2D eigenvalue weighted by molar-refractivity contribution is -0.140. The summed E-state index contributed by atoms with van der Waals surface area (Å²) in [6, 6.07) is 6.18. The van der Waals surface area contributed by atoms with Gasteiger partial charge in [0.15, 0.2) is 6.61 Å². The number of ether oxygens (including phenoxy) is 1. The van der Waals surface area contributed by atoms with Gasteiger partial charge in [-0.1, -0.05) is 44.9 Å². The molecule has 1 aromatic rings. The van der Waals surface area contributed by atoms with Gasteiger partial charge in [0.2, 0.25) is 0 Å². The number of aliphatic carboxylic acids is 3. The first-order valence-corrected chi connectivity index (χ1v) is 10.5. The third-order valence-corrected chi connectivity index (χ3v) is 3.69. The van der Waals surface area contributed by atoms with Gasteiger partial charge in [-0.2, -0.15) is 0 Å². The summed E-state index contributed by atoms with van der Waals surface area (Å²) < 4.78 is 4.13. The lowest BCUT2D eigenvalue weighted by Gasteiger charge is -2.12. The summed E-state index contributed by atoms with van der Waals surface area (Å²) in [5.74, 6) is -4.01. The molecule has 0 aliphatic carbocycles. The molecule has 5 N–H and O–H groups in total. The molecule has 0 radical (unpaired) electrons.